The lowest BCUT2D eigenvalue weighted by atomic mass is 10.2. The highest BCUT2D eigenvalue weighted by Crippen LogP contribution is 1.95. The Bertz CT molecular complexity index is 412. The van der Waals surface area contributed by atoms with Gasteiger partial charge in [0.1, 0.15) is 5.82 Å². The summed E-state index contributed by atoms with van der Waals surface area (Å²) in [6.45, 7) is 6.77. The lowest BCUT2D eigenvalue weighted by Gasteiger charge is -2.10. The molecule has 0 spiro atoms. The molecule has 0 aliphatic rings. The minimum Gasteiger partial charge on any atom is -0.311 e. The van der Waals surface area contributed by atoms with Crippen molar-refractivity contribution in [3.63, 3.8) is 0 Å². The molecule has 0 atom stereocenters. The number of hydrogen-bond acceptors (Lipinski definition) is 4. The Morgan fingerprint density at radius 2 is 2.17 bits per heavy atom. The summed E-state index contributed by atoms with van der Waals surface area (Å²) < 4.78 is 0. The molecule has 0 aromatic carbocycles. The van der Waals surface area contributed by atoms with Gasteiger partial charge < -0.3 is 15.2 Å². The van der Waals surface area contributed by atoms with Gasteiger partial charge in [0.25, 0.3) is 5.56 Å². The van der Waals surface area contributed by atoms with Crippen LogP contribution in [-0.4, -0.2) is 42.1 Å². The van der Waals surface area contributed by atoms with Gasteiger partial charge in [0.15, 0.2) is 0 Å². The topological polar surface area (TPSA) is 61.0 Å². The molecule has 1 aromatic rings. The minimum atomic E-state index is -0.0693. The number of likely N-dealkylation sites (N-methyl/N-ethyl adjacent to an activating group) is 1. The summed E-state index contributed by atoms with van der Waals surface area (Å²) in [5.74, 6) is 1.36. The van der Waals surface area contributed by atoms with Crippen molar-refractivity contribution in [1.29, 1.82) is 0 Å². The molecule has 5 nitrogen and oxygen atoms in total. The van der Waals surface area contributed by atoms with Crippen LogP contribution >= 0.6 is 0 Å². The monoisotopic (exact) mass is 252 g/mol. The largest absolute Gasteiger partial charge is 0.311 e. The zero-order valence-corrected chi connectivity index (χ0v) is 11.8. The molecule has 102 valence electrons. The van der Waals surface area contributed by atoms with E-state index in [-0.39, 0.29) is 5.56 Å². The predicted molar refractivity (Wildman–Crippen MR) is 73.7 cm³/mol. The van der Waals surface area contributed by atoms with Crippen molar-refractivity contribution < 1.29 is 0 Å². The second-order valence-electron chi connectivity index (χ2n) is 5.26. The SMILES string of the molecule is CC(C)CNCc1cc(=O)[nH]c(CCN(C)C)n1. The molecule has 0 saturated heterocycles. The van der Waals surface area contributed by atoms with Crippen molar-refractivity contribution >= 4 is 0 Å². The summed E-state index contributed by atoms with van der Waals surface area (Å²) in [4.78, 5) is 20.8. The van der Waals surface area contributed by atoms with Gasteiger partial charge in [-0.3, -0.25) is 4.79 Å². The van der Waals surface area contributed by atoms with Gasteiger partial charge in [-0.2, -0.15) is 0 Å². The van der Waals surface area contributed by atoms with Crippen molar-refractivity contribution in [2.24, 2.45) is 5.92 Å². The van der Waals surface area contributed by atoms with Crippen LogP contribution in [0.15, 0.2) is 10.9 Å². The average molecular weight is 252 g/mol. The maximum atomic E-state index is 11.5. The van der Waals surface area contributed by atoms with Crippen molar-refractivity contribution in [2.75, 3.05) is 27.2 Å². The van der Waals surface area contributed by atoms with E-state index in [2.05, 4.69) is 34.0 Å². The first-order valence-electron chi connectivity index (χ1n) is 6.42. The van der Waals surface area contributed by atoms with Crippen LogP contribution in [0.5, 0.6) is 0 Å². The number of nitrogens with zero attached hydrogens (tertiary/aromatic N) is 2. The third-order valence-electron chi connectivity index (χ3n) is 2.50. The van der Waals surface area contributed by atoms with E-state index in [1.165, 1.54) is 0 Å². The Kier molecular flexibility index (Phi) is 6.01. The zero-order chi connectivity index (χ0) is 13.5. The van der Waals surface area contributed by atoms with Crippen LogP contribution in [0.4, 0.5) is 0 Å². The quantitative estimate of drug-likeness (QED) is 0.747. The van der Waals surface area contributed by atoms with Gasteiger partial charge in [-0.1, -0.05) is 13.8 Å². The van der Waals surface area contributed by atoms with Crippen LogP contribution in [0.1, 0.15) is 25.4 Å². The van der Waals surface area contributed by atoms with Gasteiger partial charge >= 0.3 is 0 Å². The molecular formula is C13H24N4O. The minimum absolute atomic E-state index is 0.0693. The first-order chi connectivity index (χ1) is 8.47. The lowest BCUT2D eigenvalue weighted by Crippen LogP contribution is -2.23. The summed E-state index contributed by atoms with van der Waals surface area (Å²) in [5.41, 5.74) is 0.744. The Morgan fingerprint density at radius 3 is 2.78 bits per heavy atom. The Balaban J connectivity index is 2.60. The van der Waals surface area contributed by atoms with Gasteiger partial charge in [-0.25, -0.2) is 4.98 Å². The van der Waals surface area contributed by atoms with Crippen molar-refractivity contribution in [1.82, 2.24) is 20.2 Å². The third kappa shape index (κ3) is 5.93. The second kappa shape index (κ2) is 7.28. The Morgan fingerprint density at radius 1 is 1.44 bits per heavy atom. The standard InChI is InChI=1S/C13H24N4O/c1-10(2)8-14-9-11-7-13(18)16-12(15-11)5-6-17(3)4/h7,10,14H,5-6,8-9H2,1-4H3,(H,15,16,18). The molecule has 0 radical (unpaired) electrons. The molecule has 0 amide bonds. The molecule has 1 aromatic heterocycles. The highest BCUT2D eigenvalue weighted by molar-refractivity contribution is 5.03. The Labute approximate surface area is 109 Å². The molecule has 18 heavy (non-hydrogen) atoms. The third-order valence-corrected chi connectivity index (χ3v) is 2.50. The van der Waals surface area contributed by atoms with E-state index in [1.54, 1.807) is 6.07 Å². The normalized spacial score (nSPS) is 11.4. The highest BCUT2D eigenvalue weighted by Gasteiger charge is 2.02. The number of aromatic amines is 1. The molecule has 0 aliphatic carbocycles. The molecule has 1 rings (SSSR count). The lowest BCUT2D eigenvalue weighted by molar-refractivity contribution is 0.409. The molecule has 0 bridgehead atoms. The maximum absolute atomic E-state index is 11.5. The molecule has 0 aliphatic heterocycles. The molecule has 0 saturated carbocycles. The molecule has 0 fully saturated rings. The molecule has 2 N–H and O–H groups in total. The van der Waals surface area contributed by atoms with E-state index in [4.69, 9.17) is 0 Å². The first kappa shape index (κ1) is 14.9. The van der Waals surface area contributed by atoms with Crippen LogP contribution in [0.2, 0.25) is 0 Å². The maximum Gasteiger partial charge on any atom is 0.251 e. The van der Waals surface area contributed by atoms with Gasteiger partial charge in [0.2, 0.25) is 0 Å². The number of rotatable bonds is 7. The fourth-order valence-electron chi connectivity index (χ4n) is 1.59. The Hall–Kier alpha value is -1.20. The number of H-pyrrole nitrogens is 1. The summed E-state index contributed by atoms with van der Waals surface area (Å²) in [7, 11) is 4.01. The van der Waals surface area contributed by atoms with Gasteiger partial charge in [-0.15, -0.1) is 0 Å². The van der Waals surface area contributed by atoms with Gasteiger partial charge in [-0.05, 0) is 26.6 Å². The van der Waals surface area contributed by atoms with Crippen molar-refractivity contribution in [3.8, 4) is 0 Å². The fourth-order valence-corrected chi connectivity index (χ4v) is 1.59. The summed E-state index contributed by atoms with van der Waals surface area (Å²) in [6.07, 6.45) is 0.764. The number of nitrogens with one attached hydrogen (secondary N) is 2. The average Bonchev–Trinajstić information content (AvgIpc) is 2.25. The van der Waals surface area contributed by atoms with Crippen LogP contribution in [-0.2, 0) is 13.0 Å². The molecule has 0 unspecified atom stereocenters. The van der Waals surface area contributed by atoms with Crippen molar-refractivity contribution in [3.05, 3.63) is 27.9 Å². The zero-order valence-electron chi connectivity index (χ0n) is 11.8. The molecule has 1 heterocycles. The van der Waals surface area contributed by atoms with Gasteiger partial charge in [0.05, 0.1) is 5.69 Å². The van der Waals surface area contributed by atoms with E-state index < -0.39 is 0 Å². The number of aromatic nitrogens is 2. The van der Waals surface area contributed by atoms with Gasteiger partial charge in [0, 0.05) is 25.6 Å². The van der Waals surface area contributed by atoms with E-state index in [0.29, 0.717) is 12.5 Å². The van der Waals surface area contributed by atoms with Crippen LogP contribution in [0, 0.1) is 5.92 Å². The van der Waals surface area contributed by atoms with E-state index in [9.17, 15) is 4.79 Å². The van der Waals surface area contributed by atoms with E-state index in [1.807, 2.05) is 14.1 Å². The highest BCUT2D eigenvalue weighted by atomic mass is 16.1. The summed E-state index contributed by atoms with van der Waals surface area (Å²) in [6, 6.07) is 1.56. The smallest absolute Gasteiger partial charge is 0.251 e. The van der Waals surface area contributed by atoms with E-state index in [0.717, 1.165) is 31.0 Å². The van der Waals surface area contributed by atoms with E-state index >= 15 is 0 Å². The molecular weight excluding hydrogens is 228 g/mol. The number of hydrogen-bond donors (Lipinski definition) is 2. The molecule has 5 heteroatoms. The van der Waals surface area contributed by atoms with Crippen LogP contribution in [0.3, 0.4) is 0 Å². The summed E-state index contributed by atoms with van der Waals surface area (Å²) >= 11 is 0. The first-order valence-corrected chi connectivity index (χ1v) is 6.42. The predicted octanol–water partition coefficient (Wildman–Crippen LogP) is 0.620. The summed E-state index contributed by atoms with van der Waals surface area (Å²) in [5, 5.41) is 3.29. The van der Waals surface area contributed by atoms with Crippen LogP contribution < -0.4 is 10.9 Å². The second-order valence-corrected chi connectivity index (χ2v) is 5.26. The van der Waals surface area contributed by atoms with Crippen LogP contribution in [0.25, 0.3) is 0 Å². The van der Waals surface area contributed by atoms with Crippen molar-refractivity contribution in [2.45, 2.75) is 26.8 Å². The fraction of sp³-hybridized carbons (Fsp3) is 0.692.